The van der Waals surface area contributed by atoms with Crippen molar-refractivity contribution >= 4 is 39.9 Å². The van der Waals surface area contributed by atoms with Crippen LogP contribution in [0.5, 0.6) is 0 Å². The molecule has 8 heteroatoms. The summed E-state index contributed by atoms with van der Waals surface area (Å²) in [4.78, 5) is 13.0. The van der Waals surface area contributed by atoms with Crippen LogP contribution in [0.2, 0.25) is 0 Å². The molecule has 0 spiro atoms. The Morgan fingerprint density at radius 1 is 1.17 bits per heavy atom. The minimum Gasteiger partial charge on any atom is -0.322 e. The van der Waals surface area contributed by atoms with Gasteiger partial charge in [0.15, 0.2) is 0 Å². The van der Waals surface area contributed by atoms with Crippen LogP contribution in [0.15, 0.2) is 59.2 Å². The molecule has 1 saturated heterocycles. The van der Waals surface area contributed by atoms with Crippen molar-refractivity contribution in [2.75, 3.05) is 18.4 Å². The number of nitrogens with one attached hydrogen (secondary N) is 2. The van der Waals surface area contributed by atoms with E-state index in [1.165, 1.54) is 12.1 Å². The Morgan fingerprint density at radius 3 is 2.59 bits per heavy atom. The Bertz CT molecular complexity index is 987. The fraction of sp³-hybridized carbons (Fsp3) is 0.238. The van der Waals surface area contributed by atoms with E-state index in [1.54, 1.807) is 23.0 Å². The lowest BCUT2D eigenvalue weighted by Crippen LogP contribution is -2.29. The summed E-state index contributed by atoms with van der Waals surface area (Å²) in [5, 5.41) is 10.7. The van der Waals surface area contributed by atoms with Crippen molar-refractivity contribution in [2.45, 2.75) is 18.8 Å². The minimum atomic E-state index is -0.329. The molecule has 1 aliphatic heterocycles. The molecule has 29 heavy (non-hydrogen) atoms. The molecule has 4 rings (SSSR count). The number of amides is 1. The third-order valence-electron chi connectivity index (χ3n) is 4.93. The van der Waals surface area contributed by atoms with Crippen LogP contribution >= 0.6 is 28.3 Å². The fourth-order valence-corrected chi connectivity index (χ4v) is 3.83. The summed E-state index contributed by atoms with van der Waals surface area (Å²) >= 11 is 3.39. The second-order valence-corrected chi connectivity index (χ2v) is 7.74. The number of anilines is 1. The first-order chi connectivity index (χ1) is 13.6. The van der Waals surface area contributed by atoms with Crippen LogP contribution in [0.4, 0.5) is 10.1 Å². The number of hydrogen-bond donors (Lipinski definition) is 2. The molecule has 0 saturated carbocycles. The molecular weight excluding hydrogens is 459 g/mol. The van der Waals surface area contributed by atoms with Gasteiger partial charge in [0.2, 0.25) is 0 Å². The highest BCUT2D eigenvalue weighted by atomic mass is 79.9. The summed E-state index contributed by atoms with van der Waals surface area (Å²) in [5.41, 5.74) is 2.69. The first-order valence-electron chi connectivity index (χ1n) is 9.23. The molecule has 0 aliphatic carbocycles. The van der Waals surface area contributed by atoms with Crippen molar-refractivity contribution < 1.29 is 9.18 Å². The molecule has 0 unspecified atom stereocenters. The quantitative estimate of drug-likeness (QED) is 0.559. The summed E-state index contributed by atoms with van der Waals surface area (Å²) in [5.74, 6) is -0.360. The highest BCUT2D eigenvalue weighted by Gasteiger charge is 2.27. The number of hydrogen-bond acceptors (Lipinski definition) is 3. The molecule has 0 bridgehead atoms. The van der Waals surface area contributed by atoms with E-state index in [0.717, 1.165) is 36.1 Å². The lowest BCUT2D eigenvalue weighted by Gasteiger charge is -2.24. The molecule has 1 aliphatic rings. The van der Waals surface area contributed by atoms with Crippen molar-refractivity contribution in [2.24, 2.45) is 0 Å². The van der Waals surface area contributed by atoms with Gasteiger partial charge in [0.1, 0.15) is 5.82 Å². The summed E-state index contributed by atoms with van der Waals surface area (Å²) in [6.45, 7) is 1.76. The van der Waals surface area contributed by atoms with E-state index in [1.807, 2.05) is 24.3 Å². The van der Waals surface area contributed by atoms with Gasteiger partial charge in [0, 0.05) is 16.1 Å². The number of benzene rings is 2. The first kappa shape index (κ1) is 21.5. The van der Waals surface area contributed by atoms with Crippen molar-refractivity contribution in [3.8, 4) is 5.69 Å². The van der Waals surface area contributed by atoms with Gasteiger partial charge in [-0.15, -0.1) is 12.4 Å². The highest BCUT2D eigenvalue weighted by Crippen LogP contribution is 2.31. The van der Waals surface area contributed by atoms with Crippen molar-refractivity contribution in [3.63, 3.8) is 0 Å². The Kier molecular flexibility index (Phi) is 7.05. The van der Waals surface area contributed by atoms with Gasteiger partial charge in [-0.05, 0) is 68.4 Å². The smallest absolute Gasteiger partial charge is 0.259 e. The molecule has 152 valence electrons. The second-order valence-electron chi connectivity index (χ2n) is 6.82. The van der Waals surface area contributed by atoms with Gasteiger partial charge in [-0.1, -0.05) is 22.0 Å². The maximum absolute atomic E-state index is 13.8. The van der Waals surface area contributed by atoms with E-state index < -0.39 is 0 Å². The Hall–Kier alpha value is -2.22. The maximum Gasteiger partial charge on any atom is 0.259 e. The molecule has 2 heterocycles. The molecule has 3 aromatic rings. The van der Waals surface area contributed by atoms with Crippen LogP contribution in [0.3, 0.4) is 0 Å². The summed E-state index contributed by atoms with van der Waals surface area (Å²) in [6.07, 6.45) is 3.38. The van der Waals surface area contributed by atoms with Gasteiger partial charge in [0.25, 0.3) is 5.91 Å². The van der Waals surface area contributed by atoms with Crippen molar-refractivity contribution in [3.05, 3.63) is 76.3 Å². The van der Waals surface area contributed by atoms with Gasteiger partial charge < -0.3 is 10.6 Å². The molecule has 0 radical (unpaired) electrons. The molecule has 2 N–H and O–H groups in total. The highest BCUT2D eigenvalue weighted by molar-refractivity contribution is 9.10. The number of aromatic nitrogens is 2. The van der Waals surface area contributed by atoms with E-state index in [4.69, 9.17) is 0 Å². The van der Waals surface area contributed by atoms with Gasteiger partial charge in [-0.25, -0.2) is 9.07 Å². The van der Waals surface area contributed by atoms with Crippen molar-refractivity contribution in [1.82, 2.24) is 15.1 Å². The van der Waals surface area contributed by atoms with Crippen molar-refractivity contribution in [1.29, 1.82) is 0 Å². The normalized spacial score (nSPS) is 14.3. The molecule has 1 fully saturated rings. The Labute approximate surface area is 183 Å². The number of carbonyl (C=O) groups excluding carboxylic acids is 1. The second kappa shape index (κ2) is 9.52. The summed E-state index contributed by atoms with van der Waals surface area (Å²) < 4.78 is 16.4. The number of piperidine rings is 1. The SMILES string of the molecule is Cl.O=C(Nc1ccc(Br)cc1)c1cnn(-c2cccc(F)c2)c1C1CCNCC1. The van der Waals surface area contributed by atoms with Crippen LogP contribution in [-0.2, 0) is 0 Å². The average Bonchev–Trinajstić information content (AvgIpc) is 3.16. The lowest BCUT2D eigenvalue weighted by molar-refractivity contribution is 0.102. The number of halogens is 3. The van der Waals surface area contributed by atoms with Gasteiger partial charge in [-0.3, -0.25) is 4.79 Å². The van der Waals surface area contributed by atoms with Gasteiger partial charge >= 0.3 is 0 Å². The molecule has 1 aromatic heterocycles. The predicted octanol–water partition coefficient (Wildman–Crippen LogP) is 4.92. The standard InChI is InChI=1S/C21H20BrFN4O.ClH/c22-15-4-6-17(7-5-15)26-21(28)19-13-25-27(18-3-1-2-16(23)12-18)20(19)14-8-10-24-11-9-14;/h1-7,12-14,24H,8-11H2,(H,26,28);1H. The van der Waals surface area contributed by atoms with E-state index in [2.05, 4.69) is 31.7 Å². The molecule has 2 aromatic carbocycles. The molecular formula is C21H21BrClFN4O. The lowest BCUT2D eigenvalue weighted by atomic mass is 9.91. The van der Waals surface area contributed by atoms with Crippen LogP contribution < -0.4 is 10.6 Å². The van der Waals surface area contributed by atoms with Crippen LogP contribution in [0.1, 0.15) is 34.8 Å². The topological polar surface area (TPSA) is 59.0 Å². The number of rotatable bonds is 4. The zero-order valence-corrected chi connectivity index (χ0v) is 18.0. The molecule has 5 nitrogen and oxygen atoms in total. The minimum absolute atomic E-state index is 0. The van der Waals surface area contributed by atoms with E-state index in [9.17, 15) is 9.18 Å². The predicted molar refractivity (Wildman–Crippen MR) is 118 cm³/mol. The number of nitrogens with zero attached hydrogens (tertiary/aromatic N) is 2. The summed E-state index contributed by atoms with van der Waals surface area (Å²) in [6, 6.07) is 13.7. The number of carbonyl (C=O) groups is 1. The maximum atomic E-state index is 13.8. The fourth-order valence-electron chi connectivity index (χ4n) is 3.57. The monoisotopic (exact) mass is 478 g/mol. The van der Waals surface area contributed by atoms with Crippen LogP contribution in [0, 0.1) is 5.82 Å². The third-order valence-corrected chi connectivity index (χ3v) is 5.46. The zero-order chi connectivity index (χ0) is 19.5. The molecule has 0 atom stereocenters. The first-order valence-corrected chi connectivity index (χ1v) is 10.0. The van der Waals surface area contributed by atoms with E-state index in [-0.39, 0.29) is 30.0 Å². The van der Waals surface area contributed by atoms with Gasteiger partial charge in [0.05, 0.1) is 23.1 Å². The van der Waals surface area contributed by atoms with Crippen LogP contribution in [0.25, 0.3) is 5.69 Å². The Morgan fingerprint density at radius 2 is 1.90 bits per heavy atom. The summed E-state index contributed by atoms with van der Waals surface area (Å²) in [7, 11) is 0. The Balaban J connectivity index is 0.00000240. The third kappa shape index (κ3) is 4.86. The van der Waals surface area contributed by atoms with Gasteiger partial charge in [-0.2, -0.15) is 5.10 Å². The van der Waals surface area contributed by atoms with E-state index >= 15 is 0 Å². The zero-order valence-electron chi connectivity index (χ0n) is 15.6. The molecule has 1 amide bonds. The van der Waals surface area contributed by atoms with Crippen LogP contribution in [-0.4, -0.2) is 28.8 Å². The average molecular weight is 480 g/mol. The van der Waals surface area contributed by atoms with E-state index in [0.29, 0.717) is 16.9 Å². The largest absolute Gasteiger partial charge is 0.322 e.